The highest BCUT2D eigenvalue weighted by molar-refractivity contribution is 7.80. The summed E-state index contributed by atoms with van der Waals surface area (Å²) in [5.41, 5.74) is 0.0860. The van der Waals surface area contributed by atoms with E-state index in [-0.39, 0.29) is 5.92 Å². The van der Waals surface area contributed by atoms with Gasteiger partial charge in [-0.1, -0.05) is 30.3 Å². The number of thiocarbonyl (C=S) groups is 1. The Morgan fingerprint density at radius 3 is 2.65 bits per heavy atom. The molecule has 0 spiro atoms. The average molecular weight is 250 g/mol. The van der Waals surface area contributed by atoms with Gasteiger partial charge in [-0.05, 0) is 24.2 Å². The minimum Gasteiger partial charge on any atom is -0.479 e. The summed E-state index contributed by atoms with van der Waals surface area (Å²) in [6.45, 7) is 0. The molecule has 1 saturated carbocycles. The molecule has 0 aliphatic heterocycles. The van der Waals surface area contributed by atoms with Crippen molar-refractivity contribution in [2.45, 2.75) is 17.9 Å². The van der Waals surface area contributed by atoms with E-state index in [0.717, 1.165) is 5.56 Å². The van der Waals surface area contributed by atoms with Crippen molar-refractivity contribution in [3.05, 3.63) is 35.9 Å². The second-order valence-electron chi connectivity index (χ2n) is 4.15. The van der Waals surface area contributed by atoms with Crippen LogP contribution >= 0.6 is 12.2 Å². The minimum atomic E-state index is -0.943. The lowest BCUT2D eigenvalue weighted by atomic mass is 10.1. The fourth-order valence-corrected chi connectivity index (χ4v) is 2.23. The van der Waals surface area contributed by atoms with Gasteiger partial charge in [0.15, 0.2) is 5.11 Å². The lowest BCUT2D eigenvalue weighted by molar-refractivity contribution is -0.140. The summed E-state index contributed by atoms with van der Waals surface area (Å²) in [5.74, 6) is -0.878. The van der Waals surface area contributed by atoms with Crippen molar-refractivity contribution in [1.82, 2.24) is 10.6 Å². The van der Waals surface area contributed by atoms with Crippen LogP contribution in [0.25, 0.3) is 0 Å². The predicted molar refractivity (Wildman–Crippen MR) is 69.0 cm³/mol. The molecule has 17 heavy (non-hydrogen) atoms. The molecule has 3 N–H and O–H groups in total. The van der Waals surface area contributed by atoms with Crippen LogP contribution in [0.3, 0.4) is 0 Å². The summed E-state index contributed by atoms with van der Waals surface area (Å²) in [5, 5.41) is 15.3. The molecule has 1 aromatic carbocycles. The lowest BCUT2D eigenvalue weighted by Crippen LogP contribution is -2.48. The van der Waals surface area contributed by atoms with E-state index >= 15 is 0 Å². The van der Waals surface area contributed by atoms with Crippen molar-refractivity contribution < 1.29 is 9.90 Å². The zero-order valence-corrected chi connectivity index (χ0v) is 10.3. The summed E-state index contributed by atoms with van der Waals surface area (Å²) in [4.78, 5) is 11.4. The summed E-state index contributed by atoms with van der Waals surface area (Å²) >= 11 is 4.98. The SMILES string of the molecule is CNC(=S)NC1(C(=O)O)CC1c1ccccc1. The molecule has 1 aromatic rings. The zero-order valence-electron chi connectivity index (χ0n) is 9.43. The van der Waals surface area contributed by atoms with E-state index in [1.54, 1.807) is 7.05 Å². The molecule has 0 aromatic heterocycles. The fourth-order valence-electron chi connectivity index (χ4n) is 2.04. The molecule has 5 heteroatoms. The summed E-state index contributed by atoms with van der Waals surface area (Å²) in [6.07, 6.45) is 0.564. The topological polar surface area (TPSA) is 61.4 Å². The number of carboxylic acids is 1. The van der Waals surface area contributed by atoms with E-state index in [0.29, 0.717) is 11.5 Å². The third kappa shape index (κ3) is 2.10. The highest BCUT2D eigenvalue weighted by atomic mass is 32.1. The predicted octanol–water partition coefficient (Wildman–Crippen LogP) is 1.09. The van der Waals surface area contributed by atoms with Crippen molar-refractivity contribution in [1.29, 1.82) is 0 Å². The maximum absolute atomic E-state index is 11.4. The van der Waals surface area contributed by atoms with Crippen LogP contribution < -0.4 is 10.6 Å². The Hall–Kier alpha value is -1.62. The molecule has 1 aliphatic rings. The van der Waals surface area contributed by atoms with Crippen LogP contribution in [0, 0.1) is 0 Å². The summed E-state index contributed by atoms with van der Waals surface area (Å²) in [6, 6.07) is 9.63. The Morgan fingerprint density at radius 2 is 2.12 bits per heavy atom. The van der Waals surface area contributed by atoms with Gasteiger partial charge >= 0.3 is 5.97 Å². The van der Waals surface area contributed by atoms with Gasteiger partial charge in [-0.25, -0.2) is 4.79 Å². The summed E-state index contributed by atoms with van der Waals surface area (Å²) < 4.78 is 0. The van der Waals surface area contributed by atoms with E-state index < -0.39 is 11.5 Å². The molecule has 0 amide bonds. The van der Waals surface area contributed by atoms with E-state index in [2.05, 4.69) is 10.6 Å². The average Bonchev–Trinajstić information content (AvgIpc) is 3.06. The minimum absolute atomic E-state index is 0.0208. The Kier molecular flexibility index (Phi) is 3.02. The van der Waals surface area contributed by atoms with Crippen molar-refractivity contribution in [2.24, 2.45) is 0 Å². The molecule has 0 saturated heterocycles. The number of hydrogen-bond acceptors (Lipinski definition) is 2. The molecular formula is C12H14N2O2S. The molecule has 90 valence electrons. The first-order chi connectivity index (χ1) is 8.10. The van der Waals surface area contributed by atoms with Crippen LogP contribution in [-0.4, -0.2) is 28.8 Å². The van der Waals surface area contributed by atoms with Crippen LogP contribution in [0.15, 0.2) is 30.3 Å². The van der Waals surface area contributed by atoms with Gasteiger partial charge in [-0.15, -0.1) is 0 Å². The van der Waals surface area contributed by atoms with E-state index in [1.807, 2.05) is 30.3 Å². The van der Waals surface area contributed by atoms with Gasteiger partial charge in [0.2, 0.25) is 0 Å². The fraction of sp³-hybridized carbons (Fsp3) is 0.333. The first-order valence-electron chi connectivity index (χ1n) is 5.38. The number of rotatable bonds is 3. The van der Waals surface area contributed by atoms with Gasteiger partial charge in [0.1, 0.15) is 5.54 Å². The third-order valence-corrected chi connectivity index (χ3v) is 3.41. The molecule has 1 aliphatic carbocycles. The largest absolute Gasteiger partial charge is 0.479 e. The van der Waals surface area contributed by atoms with Gasteiger partial charge in [0.05, 0.1) is 0 Å². The van der Waals surface area contributed by atoms with Crippen molar-refractivity contribution in [3.8, 4) is 0 Å². The number of carboxylic acid groups (broad SMARTS) is 1. The van der Waals surface area contributed by atoms with Gasteiger partial charge in [-0.3, -0.25) is 0 Å². The first kappa shape index (κ1) is 11.9. The van der Waals surface area contributed by atoms with Crippen LogP contribution in [-0.2, 0) is 4.79 Å². The van der Waals surface area contributed by atoms with Crippen LogP contribution in [0.1, 0.15) is 17.9 Å². The van der Waals surface area contributed by atoms with Crippen molar-refractivity contribution >= 4 is 23.3 Å². The van der Waals surface area contributed by atoms with Crippen LogP contribution in [0.4, 0.5) is 0 Å². The van der Waals surface area contributed by atoms with Gasteiger partial charge in [-0.2, -0.15) is 0 Å². The Morgan fingerprint density at radius 1 is 1.47 bits per heavy atom. The van der Waals surface area contributed by atoms with Crippen LogP contribution in [0.2, 0.25) is 0 Å². The van der Waals surface area contributed by atoms with E-state index in [1.165, 1.54) is 0 Å². The monoisotopic (exact) mass is 250 g/mol. The molecule has 2 atom stereocenters. The van der Waals surface area contributed by atoms with Crippen LogP contribution in [0.5, 0.6) is 0 Å². The van der Waals surface area contributed by atoms with E-state index in [9.17, 15) is 9.90 Å². The van der Waals surface area contributed by atoms with Crippen molar-refractivity contribution in [3.63, 3.8) is 0 Å². The normalized spacial score (nSPS) is 26.1. The molecule has 1 fully saturated rings. The zero-order chi connectivity index (χ0) is 12.5. The van der Waals surface area contributed by atoms with Gasteiger partial charge in [0.25, 0.3) is 0 Å². The number of aliphatic carboxylic acids is 1. The number of benzene rings is 1. The molecule has 0 heterocycles. The smallest absolute Gasteiger partial charge is 0.330 e. The molecule has 0 radical (unpaired) electrons. The second kappa shape index (κ2) is 4.33. The quantitative estimate of drug-likeness (QED) is 0.701. The maximum atomic E-state index is 11.4. The Labute approximate surface area is 105 Å². The van der Waals surface area contributed by atoms with Gasteiger partial charge < -0.3 is 15.7 Å². The Bertz CT molecular complexity index is 449. The first-order valence-corrected chi connectivity index (χ1v) is 5.79. The highest BCUT2D eigenvalue weighted by Crippen LogP contribution is 2.51. The summed E-state index contributed by atoms with van der Waals surface area (Å²) in [7, 11) is 1.67. The second-order valence-corrected chi connectivity index (χ2v) is 4.56. The molecule has 2 unspecified atom stereocenters. The third-order valence-electron chi connectivity index (χ3n) is 3.11. The standard InChI is InChI=1S/C12H14N2O2S/c1-13-11(17)14-12(10(15)16)7-9(12)8-5-3-2-4-6-8/h2-6,9H,7H2,1H3,(H,15,16)(H2,13,14,17). The maximum Gasteiger partial charge on any atom is 0.330 e. The number of nitrogens with one attached hydrogen (secondary N) is 2. The highest BCUT2D eigenvalue weighted by Gasteiger charge is 2.61. The number of hydrogen-bond donors (Lipinski definition) is 3. The lowest BCUT2D eigenvalue weighted by Gasteiger charge is -2.16. The molecule has 4 nitrogen and oxygen atoms in total. The molecule has 0 bridgehead atoms. The van der Waals surface area contributed by atoms with Crippen molar-refractivity contribution in [2.75, 3.05) is 7.05 Å². The molecule has 2 rings (SSSR count). The molecular weight excluding hydrogens is 236 g/mol. The Balaban J connectivity index is 2.19. The van der Waals surface area contributed by atoms with E-state index in [4.69, 9.17) is 12.2 Å². The van der Waals surface area contributed by atoms with Gasteiger partial charge in [0, 0.05) is 13.0 Å². The number of carbonyl (C=O) groups is 1.